The van der Waals surface area contributed by atoms with Crippen molar-refractivity contribution in [1.29, 1.82) is 0 Å². The molecule has 4 rings (SSSR count). The SMILES string of the molecule is CC.CC(C)N1CCCn2nc(C(=O)N(C)C)cc2C1.CC(C)NC(=O)c1cc2n(n1)CCCN(C)C2. The summed E-state index contributed by atoms with van der Waals surface area (Å²) in [4.78, 5) is 30.0. The molecule has 0 atom stereocenters. The van der Waals surface area contributed by atoms with Crippen molar-refractivity contribution in [3.05, 3.63) is 34.9 Å². The highest BCUT2D eigenvalue weighted by atomic mass is 16.2. The molecule has 2 amide bonds. The maximum Gasteiger partial charge on any atom is 0.273 e. The number of aryl methyl sites for hydroxylation is 2. The van der Waals surface area contributed by atoms with Gasteiger partial charge in [-0.2, -0.15) is 10.2 Å². The summed E-state index contributed by atoms with van der Waals surface area (Å²) in [5, 5.41) is 11.7. The monoisotopic (exact) mass is 516 g/mol. The van der Waals surface area contributed by atoms with Gasteiger partial charge in [0.2, 0.25) is 0 Å². The van der Waals surface area contributed by atoms with E-state index in [1.54, 1.807) is 19.0 Å². The van der Waals surface area contributed by atoms with Gasteiger partial charge in [0.25, 0.3) is 11.8 Å². The van der Waals surface area contributed by atoms with Gasteiger partial charge in [0.05, 0.1) is 11.4 Å². The van der Waals surface area contributed by atoms with Crippen molar-refractivity contribution in [2.45, 2.75) is 92.6 Å². The summed E-state index contributed by atoms with van der Waals surface area (Å²) in [5.41, 5.74) is 3.36. The minimum absolute atomic E-state index is 0.0216. The number of hydrogen-bond acceptors (Lipinski definition) is 6. The normalized spacial score (nSPS) is 15.9. The minimum Gasteiger partial charge on any atom is -0.348 e. The largest absolute Gasteiger partial charge is 0.348 e. The maximum atomic E-state index is 11.9. The Balaban J connectivity index is 0.000000244. The second-order valence-electron chi connectivity index (χ2n) is 10.3. The van der Waals surface area contributed by atoms with E-state index in [-0.39, 0.29) is 17.9 Å². The van der Waals surface area contributed by atoms with Crippen molar-refractivity contribution < 1.29 is 9.59 Å². The van der Waals surface area contributed by atoms with E-state index >= 15 is 0 Å². The number of rotatable bonds is 4. The third-order valence-electron chi connectivity index (χ3n) is 6.26. The molecular formula is C27H48N8O2. The lowest BCUT2D eigenvalue weighted by molar-refractivity contribution is 0.0820. The lowest BCUT2D eigenvalue weighted by atomic mass is 10.2. The van der Waals surface area contributed by atoms with E-state index in [0.29, 0.717) is 17.4 Å². The molecule has 0 radical (unpaired) electrons. The highest BCUT2D eigenvalue weighted by Gasteiger charge is 2.21. The van der Waals surface area contributed by atoms with Crippen molar-refractivity contribution in [2.75, 3.05) is 34.2 Å². The Morgan fingerprint density at radius 1 is 0.865 bits per heavy atom. The summed E-state index contributed by atoms with van der Waals surface area (Å²) in [5.74, 6) is -0.102. The summed E-state index contributed by atoms with van der Waals surface area (Å²) < 4.78 is 3.94. The highest BCUT2D eigenvalue weighted by molar-refractivity contribution is 5.92. The van der Waals surface area contributed by atoms with Gasteiger partial charge in [0.1, 0.15) is 5.69 Å². The average molecular weight is 517 g/mol. The van der Waals surface area contributed by atoms with Gasteiger partial charge in [-0.15, -0.1) is 0 Å². The van der Waals surface area contributed by atoms with Crippen LogP contribution in [0.4, 0.5) is 0 Å². The summed E-state index contributed by atoms with van der Waals surface area (Å²) >= 11 is 0. The molecule has 37 heavy (non-hydrogen) atoms. The molecule has 10 heteroatoms. The van der Waals surface area contributed by atoms with Crippen molar-refractivity contribution in [1.82, 2.24) is 39.6 Å². The van der Waals surface area contributed by atoms with Crippen molar-refractivity contribution in [3.63, 3.8) is 0 Å². The van der Waals surface area contributed by atoms with Crippen LogP contribution in [-0.4, -0.2) is 92.4 Å². The summed E-state index contributed by atoms with van der Waals surface area (Å²) in [6.07, 6.45) is 2.17. The Bertz CT molecular complexity index is 1010. The number of hydrogen-bond donors (Lipinski definition) is 1. The van der Waals surface area contributed by atoms with E-state index in [2.05, 4.69) is 46.2 Å². The first-order chi connectivity index (χ1) is 17.5. The van der Waals surface area contributed by atoms with E-state index in [1.807, 2.05) is 49.2 Å². The lowest BCUT2D eigenvalue weighted by Crippen LogP contribution is -2.30. The predicted octanol–water partition coefficient (Wildman–Crippen LogP) is 3.08. The molecule has 0 saturated carbocycles. The number of nitrogens with zero attached hydrogens (tertiary/aromatic N) is 7. The number of carbonyl (C=O) groups excluding carboxylic acids is 2. The Morgan fingerprint density at radius 2 is 1.41 bits per heavy atom. The maximum absolute atomic E-state index is 11.9. The number of carbonyl (C=O) groups is 2. The second-order valence-corrected chi connectivity index (χ2v) is 10.3. The van der Waals surface area contributed by atoms with Gasteiger partial charge in [-0.25, -0.2) is 0 Å². The number of amides is 2. The van der Waals surface area contributed by atoms with Crippen LogP contribution in [0.3, 0.4) is 0 Å². The molecule has 0 saturated heterocycles. The van der Waals surface area contributed by atoms with E-state index in [1.165, 1.54) is 0 Å². The fourth-order valence-corrected chi connectivity index (χ4v) is 4.33. The zero-order chi connectivity index (χ0) is 27.7. The molecule has 2 aliphatic rings. The van der Waals surface area contributed by atoms with Crippen molar-refractivity contribution in [2.24, 2.45) is 0 Å². The zero-order valence-electron chi connectivity index (χ0n) is 24.4. The third kappa shape index (κ3) is 8.67. The van der Waals surface area contributed by atoms with Crippen LogP contribution in [0.1, 0.15) is 86.7 Å². The molecule has 2 aromatic heterocycles. The van der Waals surface area contributed by atoms with Crippen LogP contribution >= 0.6 is 0 Å². The Labute approximate surface area is 223 Å². The van der Waals surface area contributed by atoms with Gasteiger partial charge in [0.15, 0.2) is 5.69 Å². The topological polar surface area (TPSA) is 91.5 Å². The van der Waals surface area contributed by atoms with E-state index in [9.17, 15) is 9.59 Å². The zero-order valence-corrected chi connectivity index (χ0v) is 24.4. The number of aromatic nitrogens is 4. The van der Waals surface area contributed by atoms with Gasteiger partial charge < -0.3 is 15.1 Å². The smallest absolute Gasteiger partial charge is 0.273 e. The lowest BCUT2D eigenvalue weighted by Gasteiger charge is -2.23. The van der Waals surface area contributed by atoms with Crippen molar-refractivity contribution >= 4 is 11.8 Å². The van der Waals surface area contributed by atoms with Gasteiger partial charge in [-0.1, -0.05) is 13.8 Å². The Kier molecular flexibility index (Phi) is 11.8. The van der Waals surface area contributed by atoms with E-state index in [0.717, 1.165) is 63.5 Å². The summed E-state index contributed by atoms with van der Waals surface area (Å²) in [6.45, 7) is 18.0. The number of nitrogens with one attached hydrogen (secondary N) is 1. The van der Waals surface area contributed by atoms with Crippen LogP contribution in [0.2, 0.25) is 0 Å². The number of fused-ring (bicyclic) bond motifs is 2. The first kappa shape index (κ1) is 30.5. The molecular weight excluding hydrogens is 468 g/mol. The van der Waals surface area contributed by atoms with Crippen LogP contribution in [0.5, 0.6) is 0 Å². The molecule has 0 bridgehead atoms. The molecule has 10 nitrogen and oxygen atoms in total. The summed E-state index contributed by atoms with van der Waals surface area (Å²) in [6, 6.07) is 4.51. The predicted molar refractivity (Wildman–Crippen MR) is 148 cm³/mol. The van der Waals surface area contributed by atoms with Gasteiger partial charge >= 0.3 is 0 Å². The molecule has 1 N–H and O–H groups in total. The second kappa shape index (κ2) is 14.3. The van der Waals surface area contributed by atoms with Crippen LogP contribution in [0.15, 0.2) is 12.1 Å². The van der Waals surface area contributed by atoms with Gasteiger partial charge in [0, 0.05) is 65.4 Å². The van der Waals surface area contributed by atoms with E-state index in [4.69, 9.17) is 0 Å². The third-order valence-corrected chi connectivity index (χ3v) is 6.26. The average Bonchev–Trinajstić information content (AvgIpc) is 3.31. The van der Waals surface area contributed by atoms with Crippen LogP contribution < -0.4 is 5.32 Å². The molecule has 4 heterocycles. The standard InChI is InChI=1S/C13H22N4O.C12H20N4O.C2H6/c1-10(2)16-6-5-7-17-11(9-16)8-12(14-17)13(18)15(3)4;1-9(2)13-12(17)11-7-10-8-15(3)5-4-6-16(10)14-11;1-2/h8,10H,5-7,9H2,1-4H3;7,9H,4-6,8H2,1-3H3,(H,13,17);1-2H3. The molecule has 0 aliphatic carbocycles. The molecule has 0 spiro atoms. The first-order valence-electron chi connectivity index (χ1n) is 13.6. The fraction of sp³-hybridized carbons (Fsp3) is 0.704. The Hall–Kier alpha value is -2.72. The molecule has 2 aliphatic heterocycles. The van der Waals surface area contributed by atoms with Gasteiger partial charge in [-0.3, -0.25) is 23.9 Å². The summed E-state index contributed by atoms with van der Waals surface area (Å²) in [7, 11) is 5.61. The molecule has 0 fully saturated rings. The van der Waals surface area contributed by atoms with Crippen molar-refractivity contribution in [3.8, 4) is 0 Å². The van der Waals surface area contributed by atoms with Crippen LogP contribution in [0.25, 0.3) is 0 Å². The molecule has 0 aromatic carbocycles. The molecule has 2 aromatic rings. The van der Waals surface area contributed by atoms with Crippen LogP contribution in [0, 0.1) is 0 Å². The quantitative estimate of drug-likeness (QED) is 0.672. The first-order valence-corrected chi connectivity index (χ1v) is 13.6. The molecule has 0 unspecified atom stereocenters. The minimum atomic E-state index is -0.0803. The molecule has 208 valence electrons. The van der Waals surface area contributed by atoms with Gasteiger partial charge in [-0.05, 0) is 59.7 Å². The van der Waals surface area contributed by atoms with Crippen LogP contribution in [-0.2, 0) is 26.2 Å². The van der Waals surface area contributed by atoms with E-state index < -0.39 is 0 Å². The Morgan fingerprint density at radius 3 is 1.97 bits per heavy atom. The highest BCUT2D eigenvalue weighted by Crippen LogP contribution is 2.16. The fourth-order valence-electron chi connectivity index (χ4n) is 4.33.